The van der Waals surface area contributed by atoms with Gasteiger partial charge in [-0.05, 0) is 24.1 Å². The second-order valence-corrected chi connectivity index (χ2v) is 6.86. The first-order valence-corrected chi connectivity index (χ1v) is 8.78. The molecule has 0 aliphatic rings. The van der Waals surface area contributed by atoms with Crippen LogP contribution in [0, 0.1) is 0 Å². The number of benzene rings is 1. The van der Waals surface area contributed by atoms with Crippen molar-refractivity contribution in [2.75, 3.05) is 6.54 Å². The fourth-order valence-electron chi connectivity index (χ4n) is 2.14. The summed E-state index contributed by atoms with van der Waals surface area (Å²) in [5, 5.41) is 7.01. The summed E-state index contributed by atoms with van der Waals surface area (Å²) in [6.07, 6.45) is 1.20. The maximum absolute atomic E-state index is 12.0. The molecule has 0 aliphatic heterocycles. The molecule has 118 valence electrons. The lowest BCUT2D eigenvalue weighted by Gasteiger charge is -2.16. The number of nitrogens with one attached hydrogen (secondary N) is 1. The van der Waals surface area contributed by atoms with Crippen LogP contribution in [0.3, 0.4) is 0 Å². The van der Waals surface area contributed by atoms with Gasteiger partial charge in [-0.1, -0.05) is 43.1 Å². The van der Waals surface area contributed by atoms with Gasteiger partial charge in [0.1, 0.15) is 5.01 Å². The van der Waals surface area contributed by atoms with Gasteiger partial charge in [0.25, 0.3) is 0 Å². The summed E-state index contributed by atoms with van der Waals surface area (Å²) < 4.78 is 0. The average molecular weight is 357 g/mol. The van der Waals surface area contributed by atoms with Crippen LogP contribution in [0.25, 0.3) is 0 Å². The minimum Gasteiger partial charge on any atom is -0.355 e. The van der Waals surface area contributed by atoms with Crippen molar-refractivity contribution in [1.82, 2.24) is 10.3 Å². The molecule has 0 aliphatic carbocycles. The lowest BCUT2D eigenvalue weighted by atomic mass is 10.0. The number of halogens is 2. The van der Waals surface area contributed by atoms with E-state index in [0.29, 0.717) is 23.0 Å². The topological polar surface area (TPSA) is 42.0 Å². The zero-order valence-corrected chi connectivity index (χ0v) is 14.9. The predicted octanol–water partition coefficient (Wildman–Crippen LogP) is 4.47. The van der Waals surface area contributed by atoms with Gasteiger partial charge in [0.05, 0.1) is 12.1 Å². The highest BCUT2D eigenvalue weighted by Gasteiger charge is 2.15. The van der Waals surface area contributed by atoms with E-state index in [1.165, 1.54) is 11.3 Å². The lowest BCUT2D eigenvalue weighted by molar-refractivity contribution is -0.120. The first kappa shape index (κ1) is 17.3. The van der Waals surface area contributed by atoms with E-state index in [1.54, 1.807) is 0 Å². The van der Waals surface area contributed by atoms with Crippen molar-refractivity contribution in [3.05, 3.63) is 49.9 Å². The zero-order valence-electron chi connectivity index (χ0n) is 12.5. The zero-order chi connectivity index (χ0) is 16.1. The first-order chi connectivity index (χ1) is 10.5. The van der Waals surface area contributed by atoms with Crippen molar-refractivity contribution >= 4 is 40.4 Å². The summed E-state index contributed by atoms with van der Waals surface area (Å²) in [4.78, 5) is 16.4. The number of thiazole rings is 1. The Hall–Kier alpha value is -1.10. The fourth-order valence-corrected chi connectivity index (χ4v) is 3.79. The van der Waals surface area contributed by atoms with Crippen LogP contribution < -0.4 is 5.32 Å². The van der Waals surface area contributed by atoms with E-state index >= 15 is 0 Å². The van der Waals surface area contributed by atoms with Crippen molar-refractivity contribution in [2.24, 2.45) is 0 Å². The molecule has 0 saturated heterocycles. The third-order valence-corrected chi connectivity index (χ3v) is 4.93. The molecule has 6 heteroatoms. The monoisotopic (exact) mass is 356 g/mol. The summed E-state index contributed by atoms with van der Waals surface area (Å²) in [5.74, 6) is 0.0136. The Kier molecular flexibility index (Phi) is 6.24. The number of hydrogen-bond acceptors (Lipinski definition) is 3. The maximum atomic E-state index is 12.0. The third-order valence-electron chi connectivity index (χ3n) is 3.37. The summed E-state index contributed by atoms with van der Waals surface area (Å²) in [6, 6.07) is 5.43. The van der Waals surface area contributed by atoms with Crippen molar-refractivity contribution < 1.29 is 4.79 Å². The molecule has 22 heavy (non-hydrogen) atoms. The second-order valence-electron chi connectivity index (χ2n) is 5.10. The Morgan fingerprint density at radius 1 is 1.36 bits per heavy atom. The molecule has 1 unspecified atom stereocenters. The Bertz CT molecular complexity index is 637. The molecule has 1 heterocycles. The smallest absolute Gasteiger partial charge is 0.226 e. The van der Waals surface area contributed by atoms with E-state index in [-0.39, 0.29) is 11.8 Å². The summed E-state index contributed by atoms with van der Waals surface area (Å²) >= 11 is 13.9. The number of nitrogens with zero attached hydrogens (tertiary/aromatic N) is 1. The van der Waals surface area contributed by atoms with Crippen LogP contribution in [0.2, 0.25) is 10.0 Å². The van der Waals surface area contributed by atoms with Crippen LogP contribution in [0.15, 0.2) is 23.6 Å². The SMILES string of the molecule is CCc1csc(CC(=O)NCC(C)c2c(Cl)cccc2Cl)n1. The Labute approximate surface area is 144 Å². The number of rotatable bonds is 6. The molecule has 2 rings (SSSR count). The number of aromatic nitrogens is 1. The predicted molar refractivity (Wildman–Crippen MR) is 93.1 cm³/mol. The van der Waals surface area contributed by atoms with Gasteiger partial charge in [-0.15, -0.1) is 11.3 Å². The van der Waals surface area contributed by atoms with Crippen molar-refractivity contribution in [1.29, 1.82) is 0 Å². The van der Waals surface area contributed by atoms with E-state index in [2.05, 4.69) is 10.3 Å². The number of aryl methyl sites for hydroxylation is 1. The van der Waals surface area contributed by atoms with E-state index in [4.69, 9.17) is 23.2 Å². The molecule has 0 bridgehead atoms. The second kappa shape index (κ2) is 7.95. The molecular formula is C16H18Cl2N2OS. The highest BCUT2D eigenvalue weighted by molar-refractivity contribution is 7.09. The van der Waals surface area contributed by atoms with Crippen LogP contribution >= 0.6 is 34.5 Å². The van der Waals surface area contributed by atoms with Gasteiger partial charge >= 0.3 is 0 Å². The van der Waals surface area contributed by atoms with Crippen LogP contribution in [0.4, 0.5) is 0 Å². The Morgan fingerprint density at radius 3 is 2.64 bits per heavy atom. The number of carbonyl (C=O) groups excluding carboxylic acids is 1. The lowest BCUT2D eigenvalue weighted by Crippen LogP contribution is -2.29. The largest absolute Gasteiger partial charge is 0.355 e. The Balaban J connectivity index is 1.90. The number of amides is 1. The quantitative estimate of drug-likeness (QED) is 0.829. The van der Waals surface area contributed by atoms with Crippen LogP contribution in [-0.4, -0.2) is 17.4 Å². The van der Waals surface area contributed by atoms with E-state index in [0.717, 1.165) is 22.7 Å². The van der Waals surface area contributed by atoms with Gasteiger partial charge in [-0.3, -0.25) is 4.79 Å². The molecular weight excluding hydrogens is 339 g/mol. The Morgan fingerprint density at radius 2 is 2.05 bits per heavy atom. The molecule has 3 nitrogen and oxygen atoms in total. The van der Waals surface area contributed by atoms with Gasteiger partial charge in [-0.25, -0.2) is 4.98 Å². The van der Waals surface area contributed by atoms with E-state index in [1.807, 2.05) is 37.4 Å². The van der Waals surface area contributed by atoms with E-state index < -0.39 is 0 Å². The van der Waals surface area contributed by atoms with Gasteiger partial charge in [-0.2, -0.15) is 0 Å². The fraction of sp³-hybridized carbons (Fsp3) is 0.375. The molecule has 1 amide bonds. The molecule has 1 aromatic carbocycles. The molecule has 0 spiro atoms. The summed E-state index contributed by atoms with van der Waals surface area (Å²) in [7, 11) is 0. The van der Waals surface area contributed by atoms with Crippen LogP contribution in [-0.2, 0) is 17.6 Å². The van der Waals surface area contributed by atoms with Gasteiger partial charge < -0.3 is 5.32 Å². The van der Waals surface area contributed by atoms with Crippen LogP contribution in [0.5, 0.6) is 0 Å². The van der Waals surface area contributed by atoms with Crippen molar-refractivity contribution in [3.8, 4) is 0 Å². The number of hydrogen-bond donors (Lipinski definition) is 1. The van der Waals surface area contributed by atoms with Crippen molar-refractivity contribution in [2.45, 2.75) is 32.6 Å². The minimum atomic E-state index is -0.0352. The average Bonchev–Trinajstić information content (AvgIpc) is 2.92. The standard InChI is InChI=1S/C16H18Cl2N2OS/c1-3-11-9-22-15(20-11)7-14(21)19-8-10(2)16-12(17)5-4-6-13(16)18/h4-6,9-10H,3,7-8H2,1-2H3,(H,19,21). The highest BCUT2D eigenvalue weighted by atomic mass is 35.5. The summed E-state index contributed by atoms with van der Waals surface area (Å²) in [5.41, 5.74) is 1.90. The normalized spacial score (nSPS) is 12.2. The molecule has 1 atom stereocenters. The van der Waals surface area contributed by atoms with E-state index in [9.17, 15) is 4.79 Å². The maximum Gasteiger partial charge on any atom is 0.226 e. The highest BCUT2D eigenvalue weighted by Crippen LogP contribution is 2.30. The molecule has 1 aromatic heterocycles. The van der Waals surface area contributed by atoms with Gasteiger partial charge in [0.15, 0.2) is 0 Å². The van der Waals surface area contributed by atoms with Gasteiger partial charge in [0.2, 0.25) is 5.91 Å². The molecule has 1 N–H and O–H groups in total. The molecule has 0 radical (unpaired) electrons. The minimum absolute atomic E-state index is 0.0352. The van der Waals surface area contributed by atoms with Crippen LogP contribution in [0.1, 0.15) is 36.0 Å². The third kappa shape index (κ3) is 4.45. The number of carbonyl (C=O) groups is 1. The molecule has 0 fully saturated rings. The first-order valence-electron chi connectivity index (χ1n) is 7.15. The van der Waals surface area contributed by atoms with Gasteiger partial charge in [0, 0.05) is 27.9 Å². The molecule has 0 saturated carbocycles. The molecule has 2 aromatic rings. The summed E-state index contributed by atoms with van der Waals surface area (Å²) in [6.45, 7) is 4.54. The van der Waals surface area contributed by atoms with Crippen molar-refractivity contribution in [3.63, 3.8) is 0 Å².